The van der Waals surface area contributed by atoms with Crippen LogP contribution in [0.5, 0.6) is 0 Å². The maximum atomic E-state index is 4.77. The van der Waals surface area contributed by atoms with Crippen LogP contribution in [0.15, 0.2) is 23.3 Å². The van der Waals surface area contributed by atoms with Gasteiger partial charge in [-0.15, -0.1) is 0 Å². The van der Waals surface area contributed by atoms with E-state index < -0.39 is 0 Å². The molecule has 1 saturated carbocycles. The Balaban J connectivity index is 1.46. The number of nitrogens with one attached hydrogen (secondary N) is 2. The van der Waals surface area contributed by atoms with E-state index in [1.807, 2.05) is 12.3 Å². The molecule has 0 radical (unpaired) electrons. The molecule has 2 N–H and O–H groups in total. The molecule has 2 fully saturated rings. The van der Waals surface area contributed by atoms with Gasteiger partial charge in [0, 0.05) is 38.4 Å². The average molecular weight is 372 g/mol. The largest absolute Gasteiger partial charge is 0.357 e. The zero-order valence-corrected chi connectivity index (χ0v) is 17.2. The molecule has 150 valence electrons. The summed E-state index contributed by atoms with van der Waals surface area (Å²) >= 11 is 0. The Hall–Kier alpha value is -1.62. The summed E-state index contributed by atoms with van der Waals surface area (Å²) in [6, 6.07) is 4.60. The maximum Gasteiger partial charge on any atom is 0.191 e. The summed E-state index contributed by atoms with van der Waals surface area (Å²) < 4.78 is 0. The van der Waals surface area contributed by atoms with Crippen molar-refractivity contribution < 1.29 is 0 Å². The van der Waals surface area contributed by atoms with Crippen LogP contribution in [-0.2, 0) is 6.54 Å². The molecular formula is C22H37N5. The molecule has 1 aliphatic carbocycles. The number of guanidine groups is 1. The molecule has 0 unspecified atom stereocenters. The van der Waals surface area contributed by atoms with Crippen molar-refractivity contribution in [2.24, 2.45) is 10.9 Å². The number of aliphatic imine (C=N–C) groups is 1. The van der Waals surface area contributed by atoms with E-state index in [0.717, 1.165) is 24.1 Å². The summed E-state index contributed by atoms with van der Waals surface area (Å²) in [5, 5.41) is 7.05. The SMILES string of the molecule is CCNC(=NCc1ncccc1C)NC1CCN(CC2CCCCC2)CC1. The van der Waals surface area contributed by atoms with Crippen LogP contribution in [-0.4, -0.2) is 48.1 Å². The quantitative estimate of drug-likeness (QED) is 0.594. The van der Waals surface area contributed by atoms with Gasteiger partial charge in [-0.1, -0.05) is 25.3 Å². The van der Waals surface area contributed by atoms with Crippen LogP contribution >= 0.6 is 0 Å². The molecule has 0 amide bonds. The average Bonchev–Trinajstić information content (AvgIpc) is 2.70. The molecule has 5 nitrogen and oxygen atoms in total. The van der Waals surface area contributed by atoms with E-state index in [9.17, 15) is 0 Å². The smallest absolute Gasteiger partial charge is 0.191 e. The normalized spacial score (nSPS) is 20.6. The highest BCUT2D eigenvalue weighted by atomic mass is 15.2. The molecule has 1 aromatic heterocycles. The van der Waals surface area contributed by atoms with E-state index in [2.05, 4.69) is 40.4 Å². The van der Waals surface area contributed by atoms with Gasteiger partial charge in [0.2, 0.25) is 0 Å². The van der Waals surface area contributed by atoms with Gasteiger partial charge in [0.25, 0.3) is 0 Å². The van der Waals surface area contributed by atoms with Gasteiger partial charge in [0.05, 0.1) is 12.2 Å². The lowest BCUT2D eigenvalue weighted by atomic mass is 9.88. The van der Waals surface area contributed by atoms with Crippen LogP contribution < -0.4 is 10.6 Å². The van der Waals surface area contributed by atoms with E-state index in [1.54, 1.807) is 0 Å². The first-order valence-electron chi connectivity index (χ1n) is 10.9. The topological polar surface area (TPSA) is 52.6 Å². The molecule has 0 bridgehead atoms. The van der Waals surface area contributed by atoms with Crippen molar-refractivity contribution in [1.29, 1.82) is 0 Å². The van der Waals surface area contributed by atoms with Crippen LogP contribution in [0.2, 0.25) is 0 Å². The number of aromatic nitrogens is 1. The first kappa shape index (κ1) is 20.1. The Morgan fingerprint density at radius 2 is 1.96 bits per heavy atom. The van der Waals surface area contributed by atoms with Gasteiger partial charge in [-0.3, -0.25) is 4.98 Å². The van der Waals surface area contributed by atoms with Gasteiger partial charge in [0.15, 0.2) is 5.96 Å². The number of pyridine rings is 1. The molecule has 0 spiro atoms. The number of rotatable bonds is 6. The Morgan fingerprint density at radius 3 is 2.67 bits per heavy atom. The molecule has 3 rings (SSSR count). The molecule has 1 aromatic rings. The zero-order valence-electron chi connectivity index (χ0n) is 17.2. The Bertz CT molecular complexity index is 586. The molecule has 2 aliphatic rings. The van der Waals surface area contributed by atoms with Crippen molar-refractivity contribution in [1.82, 2.24) is 20.5 Å². The van der Waals surface area contributed by atoms with E-state index in [0.29, 0.717) is 12.6 Å². The minimum absolute atomic E-state index is 0.523. The number of piperidine rings is 1. The van der Waals surface area contributed by atoms with Gasteiger partial charge in [-0.2, -0.15) is 0 Å². The molecule has 2 heterocycles. The summed E-state index contributed by atoms with van der Waals surface area (Å²) in [5.41, 5.74) is 2.25. The standard InChI is InChI=1S/C22H37N5/c1-3-23-22(25-16-21-18(2)8-7-13-24-21)26-20-11-14-27(15-12-20)17-19-9-5-4-6-10-19/h7-8,13,19-20H,3-6,9-12,14-17H2,1-2H3,(H2,23,25,26). The summed E-state index contributed by atoms with van der Waals surface area (Å²) in [6.45, 7) is 9.48. The second kappa shape index (κ2) is 10.6. The molecule has 5 heteroatoms. The predicted octanol–water partition coefficient (Wildman–Crippen LogP) is 3.49. The fourth-order valence-electron chi connectivity index (χ4n) is 4.35. The predicted molar refractivity (Wildman–Crippen MR) is 113 cm³/mol. The lowest BCUT2D eigenvalue weighted by Crippen LogP contribution is -2.49. The number of hydrogen-bond acceptors (Lipinski definition) is 3. The molecule has 1 saturated heterocycles. The van der Waals surface area contributed by atoms with Crippen LogP contribution in [0, 0.1) is 12.8 Å². The second-order valence-electron chi connectivity index (χ2n) is 8.19. The van der Waals surface area contributed by atoms with Crippen LogP contribution in [0.4, 0.5) is 0 Å². The lowest BCUT2D eigenvalue weighted by molar-refractivity contribution is 0.160. The Morgan fingerprint density at radius 1 is 1.19 bits per heavy atom. The van der Waals surface area contributed by atoms with Crippen LogP contribution in [0.3, 0.4) is 0 Å². The number of likely N-dealkylation sites (tertiary alicyclic amines) is 1. The Labute approximate surface area is 165 Å². The monoisotopic (exact) mass is 371 g/mol. The summed E-state index contributed by atoms with van der Waals surface area (Å²) in [6.07, 6.45) is 11.5. The van der Waals surface area contributed by atoms with Gasteiger partial charge in [0.1, 0.15) is 0 Å². The van der Waals surface area contributed by atoms with E-state index >= 15 is 0 Å². The van der Waals surface area contributed by atoms with E-state index in [1.165, 1.54) is 70.1 Å². The van der Waals surface area contributed by atoms with Crippen molar-refractivity contribution in [3.8, 4) is 0 Å². The van der Waals surface area contributed by atoms with Gasteiger partial charge in [-0.25, -0.2) is 4.99 Å². The maximum absolute atomic E-state index is 4.77. The third-order valence-electron chi connectivity index (χ3n) is 6.02. The van der Waals surface area contributed by atoms with Crippen molar-refractivity contribution >= 4 is 5.96 Å². The van der Waals surface area contributed by atoms with Gasteiger partial charge < -0.3 is 15.5 Å². The number of aryl methyl sites for hydroxylation is 1. The number of hydrogen-bond donors (Lipinski definition) is 2. The first-order valence-corrected chi connectivity index (χ1v) is 10.9. The number of nitrogens with zero attached hydrogens (tertiary/aromatic N) is 3. The van der Waals surface area contributed by atoms with E-state index in [-0.39, 0.29) is 0 Å². The van der Waals surface area contributed by atoms with Gasteiger partial charge in [-0.05, 0) is 57.1 Å². The molecular weight excluding hydrogens is 334 g/mol. The summed E-state index contributed by atoms with van der Waals surface area (Å²) in [7, 11) is 0. The molecule has 1 aliphatic heterocycles. The Kier molecular flexibility index (Phi) is 7.93. The lowest BCUT2D eigenvalue weighted by Gasteiger charge is -2.36. The van der Waals surface area contributed by atoms with Crippen LogP contribution in [0.25, 0.3) is 0 Å². The highest BCUT2D eigenvalue weighted by molar-refractivity contribution is 5.80. The van der Waals surface area contributed by atoms with Gasteiger partial charge >= 0.3 is 0 Å². The second-order valence-corrected chi connectivity index (χ2v) is 8.19. The summed E-state index contributed by atoms with van der Waals surface area (Å²) in [5.74, 6) is 1.87. The molecule has 0 atom stereocenters. The van der Waals surface area contributed by atoms with Crippen LogP contribution in [0.1, 0.15) is 63.1 Å². The van der Waals surface area contributed by atoms with E-state index in [4.69, 9.17) is 4.99 Å². The van der Waals surface area contributed by atoms with Crippen molar-refractivity contribution in [2.75, 3.05) is 26.2 Å². The third-order valence-corrected chi connectivity index (χ3v) is 6.02. The van der Waals surface area contributed by atoms with Crippen molar-refractivity contribution in [3.05, 3.63) is 29.6 Å². The summed E-state index contributed by atoms with van der Waals surface area (Å²) in [4.78, 5) is 11.9. The van der Waals surface area contributed by atoms with Crippen molar-refractivity contribution in [3.63, 3.8) is 0 Å². The molecule has 27 heavy (non-hydrogen) atoms. The minimum Gasteiger partial charge on any atom is -0.357 e. The first-order chi connectivity index (χ1) is 13.2. The zero-order chi connectivity index (χ0) is 18.9. The fraction of sp³-hybridized carbons (Fsp3) is 0.727. The molecule has 0 aromatic carbocycles. The fourth-order valence-corrected chi connectivity index (χ4v) is 4.35. The highest BCUT2D eigenvalue weighted by Crippen LogP contribution is 2.25. The third kappa shape index (κ3) is 6.49. The minimum atomic E-state index is 0.523. The van der Waals surface area contributed by atoms with Crippen molar-refractivity contribution in [2.45, 2.75) is 71.4 Å². The highest BCUT2D eigenvalue weighted by Gasteiger charge is 2.23.